The average Bonchev–Trinajstić information content (AvgIpc) is 2.99. The quantitative estimate of drug-likeness (QED) is 0.264. The lowest BCUT2D eigenvalue weighted by Crippen LogP contribution is -2.35. The molecule has 1 saturated carbocycles. The second-order valence-corrected chi connectivity index (χ2v) is 9.97. The first-order valence-electron chi connectivity index (χ1n) is 14.7. The van der Waals surface area contributed by atoms with E-state index in [0.29, 0.717) is 24.5 Å². The van der Waals surface area contributed by atoms with Gasteiger partial charge in [0.1, 0.15) is 11.6 Å². The van der Waals surface area contributed by atoms with Crippen LogP contribution < -0.4 is 15.5 Å². The number of aromatic nitrogens is 2. The van der Waals surface area contributed by atoms with E-state index in [9.17, 15) is 9.90 Å². The number of aryl methyl sites for hydroxylation is 1. The summed E-state index contributed by atoms with van der Waals surface area (Å²) in [5, 5.41) is 23.8. The summed E-state index contributed by atoms with van der Waals surface area (Å²) >= 11 is 0. The molecule has 1 aliphatic carbocycles. The average molecular weight is 559 g/mol. The SMILES string of the molecule is C1CCCCC1.CCCCO.CCNc1cc(CNC(=O)c2ccc(N3CCC(O)CC3)cc2)nc(C)n1.N=O. The predicted octanol–water partition coefficient (Wildman–Crippen LogP) is 5.56. The number of aliphatic hydroxyl groups is 2. The van der Waals surface area contributed by atoms with Gasteiger partial charge < -0.3 is 25.7 Å². The summed E-state index contributed by atoms with van der Waals surface area (Å²) in [6.45, 7) is 9.06. The number of carbonyl (C=O) groups is 1. The standard InChI is InChI=1S/C20H27N5O2.C6H12.C4H10O.HNO/c1-3-21-19-12-16(23-14(2)24-19)13-22-20(27)15-4-6-17(7-5-15)25-10-8-18(26)9-11-25;1-2-4-6-5-3-1;1-2-3-4-5;1-2/h4-7,12,18,26H,3,8-11,13H2,1-2H3,(H,22,27)(H,21,23,24);1-6H2;5H,2-4H2,1H3;1H. The third-order valence-electron chi connectivity index (χ3n) is 6.65. The Hall–Kier alpha value is -3.11. The normalized spacial score (nSPS) is 14.8. The number of aliphatic hydroxyl groups excluding tert-OH is 2. The molecule has 1 aliphatic heterocycles. The summed E-state index contributed by atoms with van der Waals surface area (Å²) in [5.74, 6) is 1.32. The van der Waals surface area contributed by atoms with Gasteiger partial charge in [0, 0.05) is 43.6 Å². The summed E-state index contributed by atoms with van der Waals surface area (Å²) in [5.41, 5.74) is 6.98. The van der Waals surface area contributed by atoms with E-state index >= 15 is 0 Å². The van der Waals surface area contributed by atoms with Crippen molar-refractivity contribution in [3.63, 3.8) is 0 Å². The molecule has 5 N–H and O–H groups in total. The Kier molecular flexibility index (Phi) is 18.9. The van der Waals surface area contributed by atoms with Crippen molar-refractivity contribution in [2.75, 3.05) is 36.5 Å². The molecule has 0 bridgehead atoms. The molecule has 0 radical (unpaired) electrons. The number of benzene rings is 1. The van der Waals surface area contributed by atoms with Crippen LogP contribution in [0.1, 0.15) is 99.9 Å². The summed E-state index contributed by atoms with van der Waals surface area (Å²) in [6, 6.07) is 9.45. The van der Waals surface area contributed by atoms with Gasteiger partial charge in [-0.15, -0.1) is 0 Å². The topological polar surface area (TPSA) is 152 Å². The van der Waals surface area contributed by atoms with E-state index in [1.165, 1.54) is 38.5 Å². The number of amides is 1. The van der Waals surface area contributed by atoms with Crippen molar-refractivity contribution in [3.05, 3.63) is 52.3 Å². The highest BCUT2D eigenvalue weighted by Crippen LogP contribution is 2.20. The summed E-state index contributed by atoms with van der Waals surface area (Å²) in [4.78, 5) is 30.8. The Bertz CT molecular complexity index is 919. The van der Waals surface area contributed by atoms with Crippen molar-refractivity contribution in [2.45, 2.75) is 97.6 Å². The molecule has 1 saturated heterocycles. The molecular weight excluding hydrogens is 508 g/mol. The van der Waals surface area contributed by atoms with Crippen molar-refractivity contribution in [3.8, 4) is 0 Å². The van der Waals surface area contributed by atoms with Gasteiger partial charge in [-0.05, 0) is 57.4 Å². The van der Waals surface area contributed by atoms with Crippen molar-refractivity contribution in [2.24, 2.45) is 0 Å². The molecule has 224 valence electrons. The van der Waals surface area contributed by atoms with Crippen molar-refractivity contribution < 1.29 is 15.0 Å². The molecule has 1 aromatic heterocycles. The zero-order valence-corrected chi connectivity index (χ0v) is 24.6. The van der Waals surface area contributed by atoms with E-state index in [0.717, 1.165) is 62.5 Å². The Labute approximate surface area is 239 Å². The second kappa shape index (κ2) is 21.7. The van der Waals surface area contributed by atoms with Crippen LogP contribution in [-0.4, -0.2) is 58.4 Å². The molecule has 4 rings (SSSR count). The van der Waals surface area contributed by atoms with Crippen LogP contribution in [0.2, 0.25) is 0 Å². The molecule has 1 amide bonds. The number of hydrogen-bond acceptors (Lipinski definition) is 9. The molecule has 2 heterocycles. The van der Waals surface area contributed by atoms with Gasteiger partial charge in [0.15, 0.2) is 0 Å². The van der Waals surface area contributed by atoms with Gasteiger partial charge in [0.25, 0.3) is 5.91 Å². The third-order valence-corrected chi connectivity index (χ3v) is 6.65. The van der Waals surface area contributed by atoms with E-state index in [2.05, 4.69) is 38.0 Å². The number of nitroso groups, excluding NO2 is 1. The fourth-order valence-corrected chi connectivity index (χ4v) is 4.43. The van der Waals surface area contributed by atoms with Gasteiger partial charge in [-0.1, -0.05) is 57.5 Å². The molecule has 1 aromatic carbocycles. The largest absolute Gasteiger partial charge is 0.396 e. The van der Waals surface area contributed by atoms with Crippen LogP contribution in [0.3, 0.4) is 0 Å². The smallest absolute Gasteiger partial charge is 0.251 e. The lowest BCUT2D eigenvalue weighted by atomic mass is 10.0. The first kappa shape index (κ1) is 34.9. The lowest BCUT2D eigenvalue weighted by molar-refractivity contribution is 0.0950. The maximum Gasteiger partial charge on any atom is 0.251 e. The summed E-state index contributed by atoms with van der Waals surface area (Å²) in [7, 11) is 0. The molecule has 0 unspecified atom stereocenters. The molecule has 10 nitrogen and oxygen atoms in total. The number of nitrogens with one attached hydrogen (secondary N) is 3. The van der Waals surface area contributed by atoms with E-state index in [1.54, 1.807) is 0 Å². The minimum absolute atomic E-state index is 0.128. The van der Waals surface area contributed by atoms with Gasteiger partial charge in [0.05, 0.1) is 18.3 Å². The highest BCUT2D eigenvalue weighted by molar-refractivity contribution is 5.94. The van der Waals surface area contributed by atoms with Crippen LogP contribution in [-0.2, 0) is 6.54 Å². The molecule has 10 heteroatoms. The Morgan fingerprint density at radius 3 is 2.05 bits per heavy atom. The number of piperidine rings is 1. The van der Waals surface area contributed by atoms with E-state index in [4.69, 9.17) is 10.0 Å². The molecule has 2 aliphatic rings. The minimum Gasteiger partial charge on any atom is -0.396 e. The van der Waals surface area contributed by atoms with E-state index < -0.39 is 0 Å². The van der Waals surface area contributed by atoms with Crippen LogP contribution in [0.15, 0.2) is 30.3 Å². The molecule has 0 atom stereocenters. The van der Waals surface area contributed by atoms with Gasteiger partial charge in [0.2, 0.25) is 0 Å². The number of hydrogen-bond donors (Lipinski definition) is 5. The maximum atomic E-state index is 12.4. The van der Waals surface area contributed by atoms with Crippen LogP contribution in [0.4, 0.5) is 11.5 Å². The fraction of sp³-hybridized carbons (Fsp3) is 0.633. The Morgan fingerprint density at radius 1 is 1.00 bits per heavy atom. The maximum absolute atomic E-state index is 12.4. The number of carbonyl (C=O) groups excluding carboxylic acids is 1. The zero-order valence-electron chi connectivity index (χ0n) is 24.6. The summed E-state index contributed by atoms with van der Waals surface area (Å²) in [6.07, 6.45) is 12.4. The molecule has 40 heavy (non-hydrogen) atoms. The summed E-state index contributed by atoms with van der Waals surface area (Å²) < 4.78 is 0. The van der Waals surface area contributed by atoms with Gasteiger partial charge >= 0.3 is 0 Å². The Balaban J connectivity index is 0.000000510. The van der Waals surface area contributed by atoms with Crippen molar-refractivity contribution >= 4 is 17.4 Å². The van der Waals surface area contributed by atoms with Gasteiger partial charge in [-0.2, -0.15) is 4.91 Å². The number of rotatable bonds is 8. The third kappa shape index (κ3) is 14.3. The van der Waals surface area contributed by atoms with Crippen molar-refractivity contribution in [1.82, 2.24) is 15.3 Å². The van der Waals surface area contributed by atoms with Crippen LogP contribution in [0, 0.1) is 17.4 Å². The van der Waals surface area contributed by atoms with E-state index in [1.807, 2.05) is 44.2 Å². The fourth-order valence-electron chi connectivity index (χ4n) is 4.43. The minimum atomic E-state index is -0.190. The monoisotopic (exact) mass is 558 g/mol. The van der Waals surface area contributed by atoms with Crippen LogP contribution in [0.5, 0.6) is 0 Å². The number of nitrogens with zero attached hydrogens (tertiary/aromatic N) is 3. The molecule has 2 fully saturated rings. The molecule has 0 spiro atoms. The first-order valence-corrected chi connectivity index (χ1v) is 14.7. The van der Waals surface area contributed by atoms with Gasteiger partial charge in [-0.3, -0.25) is 4.79 Å². The van der Waals surface area contributed by atoms with Crippen LogP contribution in [0.25, 0.3) is 0 Å². The lowest BCUT2D eigenvalue weighted by Gasteiger charge is -2.31. The predicted molar refractivity (Wildman–Crippen MR) is 162 cm³/mol. The first-order chi connectivity index (χ1) is 19.5. The Morgan fingerprint density at radius 2 is 1.57 bits per heavy atom. The number of anilines is 2. The molecular formula is C30H50N6O4. The van der Waals surface area contributed by atoms with Crippen LogP contribution >= 0.6 is 0 Å². The number of unbranched alkanes of at least 4 members (excludes halogenated alkanes) is 1. The zero-order chi connectivity index (χ0) is 29.6. The second-order valence-electron chi connectivity index (χ2n) is 9.97. The highest BCUT2D eigenvalue weighted by Gasteiger charge is 2.17. The van der Waals surface area contributed by atoms with Gasteiger partial charge in [-0.25, -0.2) is 9.97 Å². The van der Waals surface area contributed by atoms with E-state index in [-0.39, 0.29) is 12.0 Å². The van der Waals surface area contributed by atoms with Crippen molar-refractivity contribution in [1.29, 1.82) is 5.59 Å². The molecule has 2 aromatic rings. The highest BCUT2D eigenvalue weighted by atomic mass is 16.3.